The average molecular weight is 214 g/mol. The summed E-state index contributed by atoms with van der Waals surface area (Å²) >= 11 is 0. The Kier molecular flexibility index (Phi) is 2.39. The number of Topliss-reactive ketones (excluding diaryl/α,β-unsaturated/α-hetero) is 2. The van der Waals surface area contributed by atoms with Gasteiger partial charge in [-0.05, 0) is 27.7 Å². The van der Waals surface area contributed by atoms with Crippen molar-refractivity contribution >= 4 is 11.6 Å². The Morgan fingerprint density at radius 1 is 1.53 bits per heavy atom. The lowest BCUT2D eigenvalue weighted by atomic mass is 9.80. The summed E-state index contributed by atoms with van der Waals surface area (Å²) in [5.74, 6) is -1.90. The second-order valence-electron chi connectivity index (χ2n) is 4.00. The predicted molar refractivity (Wildman–Crippen MR) is 51.1 cm³/mol. The quantitative estimate of drug-likeness (QED) is 0.698. The summed E-state index contributed by atoms with van der Waals surface area (Å²) in [6.45, 7) is 5.03. The Morgan fingerprint density at radius 3 is 2.27 bits per heavy atom. The van der Waals surface area contributed by atoms with E-state index in [1.165, 1.54) is 20.8 Å². The van der Waals surface area contributed by atoms with Gasteiger partial charge in [0.25, 0.3) is 0 Å². The molecule has 0 spiro atoms. The van der Waals surface area contributed by atoms with Crippen molar-refractivity contribution in [2.75, 3.05) is 0 Å². The van der Waals surface area contributed by atoms with Crippen molar-refractivity contribution in [3.63, 3.8) is 0 Å². The summed E-state index contributed by atoms with van der Waals surface area (Å²) in [4.78, 5) is 22.9. The molecule has 0 bridgehead atoms. The van der Waals surface area contributed by atoms with Crippen molar-refractivity contribution in [1.29, 1.82) is 0 Å². The number of hydrogen-bond donors (Lipinski definition) is 2. The van der Waals surface area contributed by atoms with Gasteiger partial charge >= 0.3 is 0 Å². The summed E-state index contributed by atoms with van der Waals surface area (Å²) < 4.78 is 5.11. The lowest BCUT2D eigenvalue weighted by Crippen LogP contribution is -2.59. The van der Waals surface area contributed by atoms with Crippen molar-refractivity contribution in [2.24, 2.45) is 0 Å². The number of rotatable bonds is 2. The lowest BCUT2D eigenvalue weighted by molar-refractivity contribution is -0.171. The van der Waals surface area contributed by atoms with Crippen LogP contribution in [0.1, 0.15) is 27.7 Å². The molecule has 0 aromatic heterocycles. The number of ether oxygens (including phenoxy) is 1. The molecule has 0 saturated carbocycles. The Balaban J connectivity index is 3.20. The van der Waals surface area contributed by atoms with E-state index in [1.54, 1.807) is 0 Å². The second-order valence-corrected chi connectivity index (χ2v) is 4.00. The number of hydrogen-bond acceptors (Lipinski definition) is 5. The fourth-order valence-corrected chi connectivity index (χ4v) is 1.44. The van der Waals surface area contributed by atoms with Crippen LogP contribution in [0.25, 0.3) is 0 Å². The van der Waals surface area contributed by atoms with Gasteiger partial charge in [0.1, 0.15) is 5.76 Å². The number of carbonyl (C=O) groups excluding carboxylic acids is 2. The van der Waals surface area contributed by atoms with Crippen LogP contribution < -0.4 is 0 Å². The molecule has 0 saturated heterocycles. The van der Waals surface area contributed by atoms with E-state index in [0.29, 0.717) is 0 Å². The fraction of sp³-hybridized carbons (Fsp3) is 0.600. The van der Waals surface area contributed by atoms with E-state index >= 15 is 0 Å². The monoisotopic (exact) mass is 214 g/mol. The van der Waals surface area contributed by atoms with Gasteiger partial charge in [-0.25, -0.2) is 0 Å². The molecule has 2 atom stereocenters. The van der Waals surface area contributed by atoms with Crippen LogP contribution in [0.2, 0.25) is 0 Å². The lowest BCUT2D eigenvalue weighted by Gasteiger charge is -2.35. The first kappa shape index (κ1) is 11.7. The van der Waals surface area contributed by atoms with Gasteiger partial charge < -0.3 is 14.9 Å². The van der Waals surface area contributed by atoms with Gasteiger partial charge in [0.2, 0.25) is 17.1 Å². The highest BCUT2D eigenvalue weighted by atomic mass is 16.5. The third-order valence-electron chi connectivity index (χ3n) is 2.95. The molecule has 1 aliphatic rings. The number of allylic oxidation sites excluding steroid dienone is 1. The van der Waals surface area contributed by atoms with Crippen molar-refractivity contribution in [3.8, 4) is 0 Å². The molecule has 0 radical (unpaired) electrons. The van der Waals surface area contributed by atoms with Crippen LogP contribution in [-0.2, 0) is 14.3 Å². The van der Waals surface area contributed by atoms with Crippen molar-refractivity contribution < 1.29 is 24.5 Å². The number of aliphatic hydroxyl groups is 2. The highest BCUT2D eigenvalue weighted by molar-refractivity contribution is 6.07. The molecule has 1 aliphatic heterocycles. The largest absolute Gasteiger partial charge is 0.502 e. The highest BCUT2D eigenvalue weighted by Crippen LogP contribution is 2.37. The minimum Gasteiger partial charge on any atom is -0.502 e. The fourth-order valence-electron chi connectivity index (χ4n) is 1.44. The van der Waals surface area contributed by atoms with Crippen LogP contribution in [0.4, 0.5) is 0 Å². The number of ketones is 2. The van der Waals surface area contributed by atoms with E-state index in [2.05, 4.69) is 0 Å². The topological polar surface area (TPSA) is 83.8 Å². The molecule has 5 heteroatoms. The van der Waals surface area contributed by atoms with Gasteiger partial charge in [0.05, 0.1) is 0 Å². The zero-order chi connectivity index (χ0) is 12.0. The molecule has 0 fully saturated rings. The third kappa shape index (κ3) is 1.34. The Labute approximate surface area is 87.4 Å². The Hall–Kier alpha value is -1.36. The van der Waals surface area contributed by atoms with Crippen molar-refractivity contribution in [3.05, 3.63) is 11.5 Å². The van der Waals surface area contributed by atoms with E-state index in [9.17, 15) is 19.8 Å². The molecule has 1 heterocycles. The van der Waals surface area contributed by atoms with E-state index in [0.717, 1.165) is 6.92 Å². The second kappa shape index (κ2) is 3.06. The first-order chi connectivity index (χ1) is 6.64. The van der Waals surface area contributed by atoms with Crippen molar-refractivity contribution in [1.82, 2.24) is 0 Å². The molecule has 0 aromatic rings. The highest BCUT2D eigenvalue weighted by Gasteiger charge is 2.59. The normalized spacial score (nSPS) is 30.1. The predicted octanol–water partition coefficient (Wildman–Crippen LogP) is 0.474. The number of aliphatic hydroxyl groups excluding tert-OH is 1. The van der Waals surface area contributed by atoms with Crippen LogP contribution in [-0.4, -0.2) is 33.0 Å². The summed E-state index contributed by atoms with van der Waals surface area (Å²) in [6.07, 6.45) is 0. The standard InChI is InChI=1S/C10H14O5/c1-5-7(12)8(13)10(4,15-5)9(3,14)6(2)11/h12,14H,1-4H3. The first-order valence-electron chi connectivity index (χ1n) is 4.51. The molecule has 0 aliphatic carbocycles. The number of carbonyl (C=O) groups is 2. The maximum Gasteiger partial charge on any atom is 0.247 e. The molecule has 0 amide bonds. The van der Waals surface area contributed by atoms with E-state index in [-0.39, 0.29) is 5.76 Å². The maximum atomic E-state index is 11.6. The molecule has 0 aromatic carbocycles. The molecule has 1 rings (SSSR count). The maximum absolute atomic E-state index is 11.6. The molecular formula is C10H14O5. The molecular weight excluding hydrogens is 200 g/mol. The minimum absolute atomic E-state index is 0.0176. The van der Waals surface area contributed by atoms with Crippen LogP contribution in [0.5, 0.6) is 0 Å². The van der Waals surface area contributed by atoms with Crippen LogP contribution in [0.3, 0.4) is 0 Å². The first-order valence-corrected chi connectivity index (χ1v) is 4.51. The third-order valence-corrected chi connectivity index (χ3v) is 2.95. The van der Waals surface area contributed by atoms with Gasteiger partial charge in [-0.2, -0.15) is 0 Å². The Bertz CT molecular complexity index is 366. The smallest absolute Gasteiger partial charge is 0.247 e. The van der Waals surface area contributed by atoms with E-state index < -0.39 is 28.5 Å². The zero-order valence-corrected chi connectivity index (χ0v) is 9.12. The average Bonchev–Trinajstić information content (AvgIpc) is 2.31. The zero-order valence-electron chi connectivity index (χ0n) is 9.12. The summed E-state index contributed by atoms with van der Waals surface area (Å²) in [7, 11) is 0. The Morgan fingerprint density at radius 2 is 2.00 bits per heavy atom. The summed E-state index contributed by atoms with van der Waals surface area (Å²) in [5, 5.41) is 19.3. The van der Waals surface area contributed by atoms with Gasteiger partial charge in [-0.15, -0.1) is 0 Å². The SMILES string of the molecule is CC(=O)C(C)(O)C1(C)OC(C)=C(O)C1=O. The van der Waals surface area contributed by atoms with Crippen LogP contribution in [0.15, 0.2) is 11.5 Å². The van der Waals surface area contributed by atoms with Crippen LogP contribution in [0, 0.1) is 0 Å². The minimum atomic E-state index is -1.96. The molecule has 84 valence electrons. The molecule has 5 nitrogen and oxygen atoms in total. The van der Waals surface area contributed by atoms with Crippen LogP contribution >= 0.6 is 0 Å². The van der Waals surface area contributed by atoms with E-state index in [1.807, 2.05) is 0 Å². The van der Waals surface area contributed by atoms with Gasteiger partial charge in [-0.3, -0.25) is 9.59 Å². The molecule has 15 heavy (non-hydrogen) atoms. The van der Waals surface area contributed by atoms with E-state index in [4.69, 9.17) is 4.74 Å². The van der Waals surface area contributed by atoms with Gasteiger partial charge in [0.15, 0.2) is 11.4 Å². The summed E-state index contributed by atoms with van der Waals surface area (Å²) in [6, 6.07) is 0. The van der Waals surface area contributed by atoms with Gasteiger partial charge in [-0.1, -0.05) is 0 Å². The van der Waals surface area contributed by atoms with Gasteiger partial charge in [0, 0.05) is 0 Å². The van der Waals surface area contributed by atoms with Crippen molar-refractivity contribution in [2.45, 2.75) is 38.9 Å². The summed E-state index contributed by atoms with van der Waals surface area (Å²) in [5.41, 5.74) is -3.71. The molecule has 2 unspecified atom stereocenters. The molecule has 2 N–H and O–H groups in total.